The lowest BCUT2D eigenvalue weighted by atomic mass is 10.1. The summed E-state index contributed by atoms with van der Waals surface area (Å²) in [6, 6.07) is 0.468. The lowest BCUT2D eigenvalue weighted by Gasteiger charge is -2.34. The van der Waals surface area contributed by atoms with Crippen LogP contribution in [0, 0.1) is 0 Å². The van der Waals surface area contributed by atoms with E-state index in [2.05, 4.69) is 17.1 Å². The van der Waals surface area contributed by atoms with Crippen LogP contribution in [0.5, 0.6) is 0 Å². The van der Waals surface area contributed by atoms with Gasteiger partial charge in [-0.2, -0.15) is 0 Å². The molecule has 17 heavy (non-hydrogen) atoms. The summed E-state index contributed by atoms with van der Waals surface area (Å²) >= 11 is 0. The lowest BCUT2D eigenvalue weighted by molar-refractivity contribution is -0.00199. The van der Waals surface area contributed by atoms with Crippen molar-refractivity contribution in [3.05, 3.63) is 0 Å². The van der Waals surface area contributed by atoms with Gasteiger partial charge in [-0.3, -0.25) is 4.90 Å². The van der Waals surface area contributed by atoms with Gasteiger partial charge in [-0.15, -0.1) is 0 Å². The van der Waals surface area contributed by atoms with Crippen LogP contribution >= 0.6 is 0 Å². The molecule has 0 spiro atoms. The first-order valence-electron chi connectivity index (χ1n) is 7.03. The number of likely N-dealkylation sites (tertiary alicyclic amines) is 1. The summed E-state index contributed by atoms with van der Waals surface area (Å²) in [7, 11) is 0. The maximum atomic E-state index is 9.49. The van der Waals surface area contributed by atoms with E-state index in [1.54, 1.807) is 0 Å². The van der Waals surface area contributed by atoms with Crippen LogP contribution in [0.25, 0.3) is 0 Å². The molecule has 2 fully saturated rings. The maximum absolute atomic E-state index is 9.49. The minimum Gasteiger partial charge on any atom is -0.392 e. The highest BCUT2D eigenvalue weighted by molar-refractivity contribution is 4.85. The molecule has 2 N–H and O–H groups in total. The van der Waals surface area contributed by atoms with E-state index in [9.17, 15) is 5.11 Å². The number of rotatable bonds is 5. The molecule has 2 aliphatic heterocycles. The Bertz CT molecular complexity index is 225. The van der Waals surface area contributed by atoms with E-state index >= 15 is 0 Å². The molecule has 2 rings (SSSR count). The predicted molar refractivity (Wildman–Crippen MR) is 68.1 cm³/mol. The molecule has 0 radical (unpaired) electrons. The largest absolute Gasteiger partial charge is 0.392 e. The molecule has 0 aromatic carbocycles. The van der Waals surface area contributed by atoms with Gasteiger partial charge in [0.25, 0.3) is 0 Å². The number of hydrogen-bond donors (Lipinski definition) is 2. The molecule has 3 atom stereocenters. The molecule has 4 heteroatoms. The van der Waals surface area contributed by atoms with Crippen LogP contribution in [-0.2, 0) is 4.74 Å². The fraction of sp³-hybridized carbons (Fsp3) is 1.00. The number of nitrogens with zero attached hydrogens (tertiary/aromatic N) is 1. The zero-order valence-corrected chi connectivity index (χ0v) is 10.9. The van der Waals surface area contributed by atoms with Crippen molar-refractivity contribution in [2.75, 3.05) is 32.8 Å². The Morgan fingerprint density at radius 1 is 1.47 bits per heavy atom. The molecule has 2 heterocycles. The summed E-state index contributed by atoms with van der Waals surface area (Å²) in [6.07, 6.45) is 4.73. The van der Waals surface area contributed by atoms with Gasteiger partial charge in [0.2, 0.25) is 0 Å². The van der Waals surface area contributed by atoms with Gasteiger partial charge in [-0.05, 0) is 32.2 Å². The molecule has 0 bridgehead atoms. The normalized spacial score (nSPS) is 35.3. The standard InChI is InChI=1S/C13H26N2O2/c1-2-6-17-13-4-3-5-15(10-13)9-11-7-12(16)8-14-11/h11-14,16H,2-10H2,1H3. The van der Waals surface area contributed by atoms with E-state index in [4.69, 9.17) is 4.74 Å². The fourth-order valence-corrected chi connectivity index (χ4v) is 2.85. The summed E-state index contributed by atoms with van der Waals surface area (Å²) < 4.78 is 5.84. The number of ether oxygens (including phenoxy) is 1. The van der Waals surface area contributed by atoms with E-state index in [1.165, 1.54) is 19.4 Å². The lowest BCUT2D eigenvalue weighted by Crippen LogP contribution is -2.45. The van der Waals surface area contributed by atoms with Crippen LogP contribution in [0.2, 0.25) is 0 Å². The van der Waals surface area contributed by atoms with Gasteiger partial charge < -0.3 is 15.2 Å². The van der Waals surface area contributed by atoms with Gasteiger partial charge in [0.05, 0.1) is 12.2 Å². The van der Waals surface area contributed by atoms with Crippen molar-refractivity contribution in [3.8, 4) is 0 Å². The van der Waals surface area contributed by atoms with Gasteiger partial charge in [0.1, 0.15) is 0 Å². The van der Waals surface area contributed by atoms with Crippen molar-refractivity contribution in [1.82, 2.24) is 10.2 Å². The van der Waals surface area contributed by atoms with Gasteiger partial charge in [-0.1, -0.05) is 6.92 Å². The van der Waals surface area contributed by atoms with Crippen molar-refractivity contribution in [1.29, 1.82) is 0 Å². The molecule has 0 saturated carbocycles. The molecule has 2 saturated heterocycles. The van der Waals surface area contributed by atoms with Crippen LogP contribution in [0.4, 0.5) is 0 Å². The number of aliphatic hydroxyl groups excluding tert-OH is 1. The summed E-state index contributed by atoms with van der Waals surface area (Å²) in [4.78, 5) is 2.49. The molecule has 0 aliphatic carbocycles. The van der Waals surface area contributed by atoms with Crippen molar-refractivity contribution in [3.63, 3.8) is 0 Å². The predicted octanol–water partition coefficient (Wildman–Crippen LogP) is 0.600. The number of piperidine rings is 1. The maximum Gasteiger partial charge on any atom is 0.0702 e. The average molecular weight is 242 g/mol. The number of hydrogen-bond acceptors (Lipinski definition) is 4. The minimum absolute atomic E-state index is 0.142. The van der Waals surface area contributed by atoms with Crippen LogP contribution in [0.15, 0.2) is 0 Å². The van der Waals surface area contributed by atoms with E-state index in [0.29, 0.717) is 12.1 Å². The number of nitrogens with one attached hydrogen (secondary N) is 1. The first kappa shape index (κ1) is 13.3. The second kappa shape index (κ2) is 6.69. The topological polar surface area (TPSA) is 44.7 Å². The Morgan fingerprint density at radius 3 is 3.06 bits per heavy atom. The van der Waals surface area contributed by atoms with E-state index in [0.717, 1.165) is 39.1 Å². The Kier molecular flexibility index (Phi) is 5.22. The minimum atomic E-state index is -0.142. The molecule has 2 aliphatic rings. The highest BCUT2D eigenvalue weighted by atomic mass is 16.5. The van der Waals surface area contributed by atoms with Gasteiger partial charge in [0.15, 0.2) is 0 Å². The van der Waals surface area contributed by atoms with Gasteiger partial charge >= 0.3 is 0 Å². The van der Waals surface area contributed by atoms with Crippen molar-refractivity contribution in [2.45, 2.75) is 50.9 Å². The summed E-state index contributed by atoms with van der Waals surface area (Å²) in [5.41, 5.74) is 0. The molecule has 0 aromatic rings. The quantitative estimate of drug-likeness (QED) is 0.741. The Labute approximate surface area is 104 Å². The smallest absolute Gasteiger partial charge is 0.0702 e. The Hall–Kier alpha value is -0.160. The third-order valence-electron chi connectivity index (χ3n) is 3.70. The molecule has 0 aromatic heterocycles. The molecule has 0 amide bonds. The second-order valence-corrected chi connectivity index (χ2v) is 5.39. The molecule has 100 valence electrons. The van der Waals surface area contributed by atoms with Crippen molar-refractivity contribution < 1.29 is 9.84 Å². The monoisotopic (exact) mass is 242 g/mol. The van der Waals surface area contributed by atoms with Crippen LogP contribution in [0.3, 0.4) is 0 Å². The molecular weight excluding hydrogens is 216 g/mol. The molecule has 4 nitrogen and oxygen atoms in total. The van der Waals surface area contributed by atoms with Crippen LogP contribution in [0.1, 0.15) is 32.6 Å². The SMILES string of the molecule is CCCOC1CCCN(CC2CC(O)CN2)C1. The first-order valence-corrected chi connectivity index (χ1v) is 7.03. The van der Waals surface area contributed by atoms with Crippen LogP contribution < -0.4 is 5.32 Å². The average Bonchev–Trinajstić information content (AvgIpc) is 2.73. The zero-order valence-electron chi connectivity index (χ0n) is 10.9. The Balaban J connectivity index is 1.69. The van der Waals surface area contributed by atoms with E-state index in [1.807, 2.05) is 0 Å². The summed E-state index contributed by atoms with van der Waals surface area (Å²) in [5.74, 6) is 0. The van der Waals surface area contributed by atoms with E-state index < -0.39 is 0 Å². The highest BCUT2D eigenvalue weighted by Gasteiger charge is 2.27. The number of β-amino-alcohol motifs (C(OH)–C–C–N with tert-alkyl or cyclic N) is 1. The van der Waals surface area contributed by atoms with Gasteiger partial charge in [-0.25, -0.2) is 0 Å². The van der Waals surface area contributed by atoms with Crippen molar-refractivity contribution >= 4 is 0 Å². The number of aliphatic hydroxyl groups is 1. The molecule has 3 unspecified atom stereocenters. The first-order chi connectivity index (χ1) is 8.28. The summed E-state index contributed by atoms with van der Waals surface area (Å²) in [6.45, 7) is 7.11. The van der Waals surface area contributed by atoms with Crippen LogP contribution in [-0.4, -0.2) is 61.0 Å². The zero-order chi connectivity index (χ0) is 12.1. The molecular formula is C13H26N2O2. The highest BCUT2D eigenvalue weighted by Crippen LogP contribution is 2.16. The third-order valence-corrected chi connectivity index (χ3v) is 3.70. The third kappa shape index (κ3) is 4.21. The second-order valence-electron chi connectivity index (χ2n) is 5.39. The fourth-order valence-electron chi connectivity index (χ4n) is 2.85. The summed E-state index contributed by atoms with van der Waals surface area (Å²) in [5, 5.41) is 12.9. The van der Waals surface area contributed by atoms with Crippen molar-refractivity contribution in [2.24, 2.45) is 0 Å². The van der Waals surface area contributed by atoms with Gasteiger partial charge in [0, 0.05) is 32.3 Å². The van der Waals surface area contributed by atoms with E-state index in [-0.39, 0.29) is 6.10 Å². The Morgan fingerprint density at radius 2 is 2.35 bits per heavy atom.